The van der Waals surface area contributed by atoms with Crippen molar-refractivity contribution in [2.75, 3.05) is 14.2 Å². The summed E-state index contributed by atoms with van der Waals surface area (Å²) in [7, 11) is -0.868. The molecule has 2 rings (SSSR count). The van der Waals surface area contributed by atoms with Gasteiger partial charge in [-0.3, -0.25) is 0 Å². The number of benzene rings is 1. The number of hydrogen-bond acceptors (Lipinski definition) is 5. The number of ether oxygens (including phenoxy) is 2. The Labute approximate surface area is 125 Å². The van der Waals surface area contributed by atoms with Crippen LogP contribution in [0.15, 0.2) is 23.1 Å². The zero-order chi connectivity index (χ0) is 15.9. The normalized spacial score (nSPS) is 19.6. The van der Waals surface area contributed by atoms with Gasteiger partial charge in [0, 0.05) is 27.1 Å². The molecule has 1 saturated carbocycles. The van der Waals surface area contributed by atoms with Crippen LogP contribution in [0.25, 0.3) is 0 Å². The first kappa shape index (κ1) is 16.0. The summed E-state index contributed by atoms with van der Waals surface area (Å²) in [5, 5.41) is 9.46. The molecule has 0 saturated heterocycles. The molecule has 1 aliphatic rings. The summed E-state index contributed by atoms with van der Waals surface area (Å²) in [6, 6.07) is 7.08. The largest absolute Gasteiger partial charge is 0.353 e. The lowest BCUT2D eigenvalue weighted by atomic mass is 9.78. The Hall–Kier alpha value is -1.42. The smallest absolute Gasteiger partial charge is 0.198 e. The fourth-order valence-corrected chi connectivity index (χ4v) is 4.92. The first-order valence-corrected chi connectivity index (χ1v) is 8.08. The van der Waals surface area contributed by atoms with E-state index in [9.17, 15) is 13.7 Å². The van der Waals surface area contributed by atoms with Gasteiger partial charge in [-0.15, -0.1) is 0 Å². The molecule has 0 aromatic heterocycles. The molecule has 0 radical (unpaired) electrons. The third-order valence-electron chi connectivity index (χ3n) is 4.19. The van der Waals surface area contributed by atoms with Crippen molar-refractivity contribution < 1.29 is 17.9 Å². The molecule has 114 valence electrons. The molecule has 0 heterocycles. The standard InChI is InChI=1S/C15H19NO4S/c1-11-5-6-13(12(2)7-11)21(17,18)14(10-16)8-15(9-14,19-3)20-4/h5-7H,8-9H2,1-4H3. The Bertz CT molecular complexity index is 691. The Morgan fingerprint density at radius 1 is 1.19 bits per heavy atom. The first-order chi connectivity index (χ1) is 9.76. The Balaban J connectivity index is 2.47. The Morgan fingerprint density at radius 2 is 1.76 bits per heavy atom. The van der Waals surface area contributed by atoms with Crippen LogP contribution in [0.1, 0.15) is 24.0 Å². The van der Waals surface area contributed by atoms with Crippen molar-refractivity contribution in [3.63, 3.8) is 0 Å². The SMILES string of the molecule is COC1(OC)CC(C#N)(S(=O)(=O)c2ccc(C)cc2C)C1. The predicted molar refractivity (Wildman–Crippen MR) is 77.4 cm³/mol. The summed E-state index contributed by atoms with van der Waals surface area (Å²) in [5.74, 6) is -0.985. The van der Waals surface area contributed by atoms with E-state index < -0.39 is 20.4 Å². The summed E-state index contributed by atoms with van der Waals surface area (Å²) < 4.78 is 34.7. The van der Waals surface area contributed by atoms with Gasteiger partial charge in [-0.05, 0) is 25.5 Å². The van der Waals surface area contributed by atoms with Crippen molar-refractivity contribution in [3.8, 4) is 6.07 Å². The van der Waals surface area contributed by atoms with Gasteiger partial charge in [0.05, 0.1) is 11.0 Å². The van der Waals surface area contributed by atoms with Crippen LogP contribution in [0.2, 0.25) is 0 Å². The zero-order valence-electron chi connectivity index (χ0n) is 12.6. The van der Waals surface area contributed by atoms with Gasteiger partial charge in [-0.2, -0.15) is 5.26 Å². The zero-order valence-corrected chi connectivity index (χ0v) is 13.5. The Kier molecular flexibility index (Phi) is 3.87. The van der Waals surface area contributed by atoms with E-state index in [1.165, 1.54) is 14.2 Å². The average molecular weight is 309 g/mol. The van der Waals surface area contributed by atoms with Gasteiger partial charge in [0.2, 0.25) is 0 Å². The molecule has 0 unspecified atom stereocenters. The number of methoxy groups -OCH3 is 2. The molecule has 0 N–H and O–H groups in total. The average Bonchev–Trinajstić information content (AvgIpc) is 2.38. The topological polar surface area (TPSA) is 76.4 Å². The molecule has 0 amide bonds. The maximum atomic E-state index is 12.9. The molecule has 6 heteroatoms. The van der Waals surface area contributed by atoms with Crippen LogP contribution in [-0.2, 0) is 19.3 Å². The molecule has 0 bridgehead atoms. The third-order valence-corrected chi connectivity index (χ3v) is 6.64. The molecule has 0 atom stereocenters. The maximum Gasteiger partial charge on any atom is 0.198 e. The fraction of sp³-hybridized carbons (Fsp3) is 0.533. The molecule has 1 aromatic carbocycles. The van der Waals surface area contributed by atoms with Gasteiger partial charge < -0.3 is 9.47 Å². The van der Waals surface area contributed by atoms with Crippen molar-refractivity contribution in [1.29, 1.82) is 5.26 Å². The van der Waals surface area contributed by atoms with Crippen molar-refractivity contribution >= 4 is 9.84 Å². The van der Waals surface area contributed by atoms with Gasteiger partial charge in [0.1, 0.15) is 0 Å². The van der Waals surface area contributed by atoms with Gasteiger partial charge in [0.15, 0.2) is 20.4 Å². The van der Waals surface area contributed by atoms with Crippen LogP contribution in [0, 0.1) is 25.2 Å². The first-order valence-electron chi connectivity index (χ1n) is 6.59. The van der Waals surface area contributed by atoms with E-state index in [0.29, 0.717) is 5.56 Å². The molecule has 1 aromatic rings. The summed E-state index contributed by atoms with van der Waals surface area (Å²) in [6.07, 6.45) is 0.0261. The van der Waals surface area contributed by atoms with Gasteiger partial charge in [-0.1, -0.05) is 17.7 Å². The number of sulfone groups is 1. The molecule has 1 fully saturated rings. The molecule has 0 aliphatic heterocycles. The second kappa shape index (κ2) is 5.09. The second-order valence-electron chi connectivity index (χ2n) is 5.55. The minimum absolute atomic E-state index is 0.0130. The van der Waals surface area contributed by atoms with Crippen LogP contribution < -0.4 is 0 Å². The summed E-state index contributed by atoms with van der Waals surface area (Å²) >= 11 is 0. The van der Waals surface area contributed by atoms with Crippen molar-refractivity contribution in [2.24, 2.45) is 0 Å². The summed E-state index contributed by atoms with van der Waals surface area (Å²) in [6.45, 7) is 3.64. The highest BCUT2D eigenvalue weighted by molar-refractivity contribution is 7.93. The predicted octanol–water partition coefficient (Wildman–Crippen LogP) is 2.12. The molecule has 1 aliphatic carbocycles. The van der Waals surface area contributed by atoms with Crippen molar-refractivity contribution in [1.82, 2.24) is 0 Å². The van der Waals surface area contributed by atoms with E-state index in [-0.39, 0.29) is 17.7 Å². The summed E-state index contributed by atoms with van der Waals surface area (Å²) in [4.78, 5) is 0.204. The van der Waals surface area contributed by atoms with E-state index in [2.05, 4.69) is 0 Å². The van der Waals surface area contributed by atoms with E-state index in [1.807, 2.05) is 13.0 Å². The lowest BCUT2D eigenvalue weighted by Gasteiger charge is -2.49. The van der Waals surface area contributed by atoms with Crippen LogP contribution in [0.3, 0.4) is 0 Å². The highest BCUT2D eigenvalue weighted by Gasteiger charge is 2.64. The van der Waals surface area contributed by atoms with E-state index in [1.54, 1.807) is 25.1 Å². The highest BCUT2D eigenvalue weighted by atomic mass is 32.2. The molecular formula is C15H19NO4S. The molecule has 0 spiro atoms. The minimum atomic E-state index is -3.77. The van der Waals surface area contributed by atoms with Gasteiger partial charge in [0.25, 0.3) is 0 Å². The number of rotatable bonds is 4. The number of aryl methyl sites for hydroxylation is 2. The van der Waals surface area contributed by atoms with E-state index in [0.717, 1.165) is 5.56 Å². The van der Waals surface area contributed by atoms with E-state index in [4.69, 9.17) is 9.47 Å². The molecule has 5 nitrogen and oxygen atoms in total. The number of nitriles is 1. The molecular weight excluding hydrogens is 290 g/mol. The number of nitrogens with zero attached hydrogens (tertiary/aromatic N) is 1. The van der Waals surface area contributed by atoms with Gasteiger partial charge in [-0.25, -0.2) is 8.42 Å². The van der Waals surface area contributed by atoms with E-state index >= 15 is 0 Å². The minimum Gasteiger partial charge on any atom is -0.353 e. The fourth-order valence-electron chi connectivity index (χ4n) is 2.83. The van der Waals surface area contributed by atoms with Crippen LogP contribution in [-0.4, -0.2) is 33.2 Å². The highest BCUT2D eigenvalue weighted by Crippen LogP contribution is 2.51. The third kappa shape index (κ3) is 2.26. The lowest BCUT2D eigenvalue weighted by molar-refractivity contribution is -0.256. The van der Waals surface area contributed by atoms with Gasteiger partial charge >= 0.3 is 0 Å². The number of hydrogen-bond donors (Lipinski definition) is 0. The van der Waals surface area contributed by atoms with Crippen LogP contribution in [0.4, 0.5) is 0 Å². The summed E-state index contributed by atoms with van der Waals surface area (Å²) in [5.41, 5.74) is 1.63. The quantitative estimate of drug-likeness (QED) is 0.796. The van der Waals surface area contributed by atoms with Crippen molar-refractivity contribution in [2.45, 2.75) is 42.1 Å². The lowest BCUT2D eigenvalue weighted by Crippen LogP contribution is -2.61. The monoisotopic (exact) mass is 309 g/mol. The van der Waals surface area contributed by atoms with Crippen molar-refractivity contribution in [3.05, 3.63) is 29.3 Å². The molecule has 21 heavy (non-hydrogen) atoms. The maximum absolute atomic E-state index is 12.9. The van der Waals surface area contributed by atoms with Crippen LogP contribution >= 0.6 is 0 Å². The Morgan fingerprint density at radius 3 is 2.19 bits per heavy atom. The second-order valence-corrected chi connectivity index (χ2v) is 7.78. The van der Waals surface area contributed by atoms with Crippen LogP contribution in [0.5, 0.6) is 0 Å².